The highest BCUT2D eigenvalue weighted by molar-refractivity contribution is 7.92. The van der Waals surface area contributed by atoms with Gasteiger partial charge in [0.2, 0.25) is 28.6 Å². The maximum absolute atomic E-state index is 14.2. The van der Waals surface area contributed by atoms with Gasteiger partial charge >= 0.3 is 0 Å². The van der Waals surface area contributed by atoms with Crippen LogP contribution in [-0.2, 0) is 32.6 Å². The number of rotatable bonds is 11. The molecule has 0 aromatic heterocycles. The highest BCUT2D eigenvalue weighted by Crippen LogP contribution is 2.36. The van der Waals surface area contributed by atoms with Crippen LogP contribution < -0.4 is 19.1 Å². The second-order valence-corrected chi connectivity index (χ2v) is 13.0. The topological polar surface area (TPSA) is 105 Å². The number of sulfonamides is 1. The van der Waals surface area contributed by atoms with Crippen molar-refractivity contribution in [3.05, 3.63) is 88.9 Å². The molecule has 5 rings (SSSR count). The van der Waals surface area contributed by atoms with Crippen molar-refractivity contribution in [2.75, 3.05) is 23.9 Å². The third-order valence-corrected chi connectivity index (χ3v) is 8.95. The van der Waals surface area contributed by atoms with Crippen molar-refractivity contribution in [1.29, 1.82) is 0 Å². The highest BCUT2D eigenvalue weighted by Gasteiger charge is 2.34. The van der Waals surface area contributed by atoms with E-state index < -0.39 is 28.5 Å². The lowest BCUT2D eigenvalue weighted by Gasteiger charge is -2.34. The molecule has 222 valence electrons. The molecule has 1 unspecified atom stereocenters. The number of ether oxygens (including phenoxy) is 2. The molecule has 0 bridgehead atoms. The van der Waals surface area contributed by atoms with Crippen LogP contribution in [0.1, 0.15) is 36.8 Å². The third kappa shape index (κ3) is 7.35. The van der Waals surface area contributed by atoms with Gasteiger partial charge in [-0.05, 0) is 48.2 Å². The molecule has 1 atom stereocenters. The van der Waals surface area contributed by atoms with Crippen molar-refractivity contribution >= 4 is 39.1 Å². The van der Waals surface area contributed by atoms with Gasteiger partial charge in [0, 0.05) is 30.1 Å². The van der Waals surface area contributed by atoms with Gasteiger partial charge in [-0.25, -0.2) is 8.42 Å². The number of carbonyl (C=O) groups is 2. The Balaban J connectivity index is 1.50. The van der Waals surface area contributed by atoms with Gasteiger partial charge in [-0.15, -0.1) is 0 Å². The van der Waals surface area contributed by atoms with Crippen LogP contribution in [0.15, 0.2) is 72.8 Å². The van der Waals surface area contributed by atoms with E-state index >= 15 is 0 Å². The fourth-order valence-electron chi connectivity index (χ4n) is 5.36. The number of nitrogens with zero attached hydrogens (tertiary/aromatic N) is 2. The van der Waals surface area contributed by atoms with Crippen molar-refractivity contribution in [3.8, 4) is 11.5 Å². The number of anilines is 1. The Morgan fingerprint density at radius 2 is 1.64 bits per heavy atom. The second-order valence-electron chi connectivity index (χ2n) is 10.7. The standard InChI is InChI=1S/C31H34ClN3O6S/c1-42(38,39)35(26-15-16-28-29(18-26)41-21-40-28)20-30(36)34(19-23-11-13-24(32)14-12-23)27(17-22-7-3-2-4-8-22)31(37)33-25-9-5-6-10-25/h2-4,7-8,11-16,18,25,27H,5-6,9-10,17,19-21H2,1H3,(H,33,37). The van der Waals surface area contributed by atoms with E-state index in [1.165, 1.54) is 11.0 Å². The summed E-state index contributed by atoms with van der Waals surface area (Å²) < 4.78 is 37.8. The zero-order chi connectivity index (χ0) is 29.7. The molecule has 1 fully saturated rings. The van der Waals surface area contributed by atoms with Crippen molar-refractivity contribution in [2.24, 2.45) is 0 Å². The molecule has 0 spiro atoms. The SMILES string of the molecule is CS(=O)(=O)N(CC(=O)N(Cc1ccc(Cl)cc1)C(Cc1ccccc1)C(=O)NC1CCCC1)c1ccc2c(c1)OCO2. The molecule has 0 radical (unpaired) electrons. The molecule has 1 saturated carbocycles. The summed E-state index contributed by atoms with van der Waals surface area (Å²) in [6, 6.07) is 20.4. The van der Waals surface area contributed by atoms with Gasteiger partial charge in [-0.1, -0.05) is 66.9 Å². The summed E-state index contributed by atoms with van der Waals surface area (Å²) in [5.41, 5.74) is 1.90. The van der Waals surface area contributed by atoms with Gasteiger partial charge in [-0.3, -0.25) is 13.9 Å². The molecule has 0 saturated heterocycles. The molecule has 1 N–H and O–H groups in total. The summed E-state index contributed by atoms with van der Waals surface area (Å²) in [6.07, 6.45) is 5.17. The zero-order valence-electron chi connectivity index (χ0n) is 23.4. The Hall–Kier alpha value is -3.76. The Morgan fingerprint density at radius 3 is 2.33 bits per heavy atom. The average Bonchev–Trinajstić information content (AvgIpc) is 3.66. The quantitative estimate of drug-likeness (QED) is 0.342. The van der Waals surface area contributed by atoms with Crippen LogP contribution in [0.5, 0.6) is 11.5 Å². The Bertz CT molecular complexity index is 1510. The highest BCUT2D eigenvalue weighted by atomic mass is 35.5. The maximum Gasteiger partial charge on any atom is 0.244 e. The molecule has 2 aliphatic rings. The Morgan fingerprint density at radius 1 is 0.952 bits per heavy atom. The first-order valence-corrected chi connectivity index (χ1v) is 16.2. The van der Waals surface area contributed by atoms with E-state index in [2.05, 4.69) is 5.32 Å². The molecule has 9 nitrogen and oxygen atoms in total. The summed E-state index contributed by atoms with van der Waals surface area (Å²) in [4.78, 5) is 29.6. The number of nitrogens with one attached hydrogen (secondary N) is 1. The lowest BCUT2D eigenvalue weighted by Crippen LogP contribution is -2.54. The summed E-state index contributed by atoms with van der Waals surface area (Å²) in [5, 5.41) is 3.70. The molecule has 11 heteroatoms. The first-order chi connectivity index (χ1) is 20.2. The van der Waals surface area contributed by atoms with Crippen LogP contribution >= 0.6 is 11.6 Å². The number of benzene rings is 3. The maximum atomic E-state index is 14.2. The minimum atomic E-state index is -3.89. The Labute approximate surface area is 251 Å². The summed E-state index contributed by atoms with van der Waals surface area (Å²) >= 11 is 6.12. The fraction of sp³-hybridized carbons (Fsp3) is 0.355. The van der Waals surface area contributed by atoms with Gasteiger partial charge in [0.05, 0.1) is 11.9 Å². The van der Waals surface area contributed by atoms with Crippen LogP contribution in [0, 0.1) is 0 Å². The molecular formula is C31H34ClN3O6S. The van der Waals surface area contributed by atoms with E-state index in [9.17, 15) is 18.0 Å². The Kier molecular flexibility index (Phi) is 9.23. The van der Waals surface area contributed by atoms with Crippen LogP contribution in [0.4, 0.5) is 5.69 Å². The first-order valence-electron chi connectivity index (χ1n) is 13.9. The second kappa shape index (κ2) is 13.0. The van der Waals surface area contributed by atoms with E-state index in [0.717, 1.165) is 47.4 Å². The zero-order valence-corrected chi connectivity index (χ0v) is 24.9. The van der Waals surface area contributed by atoms with E-state index in [1.807, 2.05) is 30.3 Å². The van der Waals surface area contributed by atoms with Crippen LogP contribution in [0.25, 0.3) is 0 Å². The van der Waals surface area contributed by atoms with Crippen molar-refractivity contribution < 1.29 is 27.5 Å². The number of amides is 2. The molecule has 42 heavy (non-hydrogen) atoms. The van der Waals surface area contributed by atoms with Gasteiger partial charge in [-0.2, -0.15) is 0 Å². The minimum absolute atomic E-state index is 0.0305. The van der Waals surface area contributed by atoms with Gasteiger partial charge in [0.15, 0.2) is 11.5 Å². The lowest BCUT2D eigenvalue weighted by atomic mass is 10.0. The molecule has 3 aromatic rings. The van der Waals surface area contributed by atoms with E-state index in [-0.39, 0.29) is 37.4 Å². The summed E-state index contributed by atoms with van der Waals surface area (Å²) in [7, 11) is -3.89. The fourth-order valence-corrected chi connectivity index (χ4v) is 6.33. The predicted molar refractivity (Wildman–Crippen MR) is 161 cm³/mol. The van der Waals surface area contributed by atoms with Crippen LogP contribution in [0.2, 0.25) is 5.02 Å². The van der Waals surface area contributed by atoms with E-state index in [0.29, 0.717) is 16.5 Å². The molecule has 1 aliphatic carbocycles. The number of hydrogen-bond donors (Lipinski definition) is 1. The van der Waals surface area contributed by atoms with E-state index in [4.69, 9.17) is 21.1 Å². The van der Waals surface area contributed by atoms with E-state index in [1.54, 1.807) is 36.4 Å². The molecule has 2 amide bonds. The number of carbonyl (C=O) groups excluding carboxylic acids is 2. The molecule has 1 aliphatic heterocycles. The third-order valence-electron chi connectivity index (χ3n) is 7.56. The van der Waals surface area contributed by atoms with Gasteiger partial charge in [0.1, 0.15) is 12.6 Å². The number of halogens is 1. The lowest BCUT2D eigenvalue weighted by molar-refractivity contribution is -0.140. The monoisotopic (exact) mass is 611 g/mol. The first kappa shape index (κ1) is 29.7. The minimum Gasteiger partial charge on any atom is -0.454 e. The van der Waals surface area contributed by atoms with Crippen molar-refractivity contribution in [3.63, 3.8) is 0 Å². The molecular weight excluding hydrogens is 578 g/mol. The molecule has 1 heterocycles. The van der Waals surface area contributed by atoms with Crippen LogP contribution in [0.3, 0.4) is 0 Å². The van der Waals surface area contributed by atoms with Crippen molar-refractivity contribution in [1.82, 2.24) is 10.2 Å². The average molecular weight is 612 g/mol. The number of hydrogen-bond acceptors (Lipinski definition) is 6. The van der Waals surface area contributed by atoms with Gasteiger partial charge < -0.3 is 19.7 Å². The smallest absolute Gasteiger partial charge is 0.244 e. The molecule has 3 aromatic carbocycles. The number of fused-ring (bicyclic) bond motifs is 1. The van der Waals surface area contributed by atoms with Crippen molar-refractivity contribution in [2.45, 2.75) is 50.7 Å². The largest absolute Gasteiger partial charge is 0.454 e. The predicted octanol–water partition coefficient (Wildman–Crippen LogP) is 4.53. The summed E-state index contributed by atoms with van der Waals surface area (Å²) in [5.74, 6) is 0.108. The normalized spacial score (nSPS) is 15.3. The van der Waals surface area contributed by atoms with Crippen LogP contribution in [-0.4, -0.2) is 56.8 Å². The van der Waals surface area contributed by atoms with Gasteiger partial charge in [0.25, 0.3) is 0 Å². The summed E-state index contributed by atoms with van der Waals surface area (Å²) in [6.45, 7) is -0.388.